The molecule has 0 aromatic heterocycles. The molecule has 0 radical (unpaired) electrons. The standard InChI is InChI=1S/C25H19F3/c1-3-16-4-6-17(7-5-16)18-8-10-21(24(27)13-18)19-9-11-22-20(12-19)14-23(26)15(2)25(22)28/h4-14H,3H2,1-2H3. The van der Waals surface area contributed by atoms with Crippen LogP contribution in [0, 0.1) is 24.4 Å². The molecule has 0 bridgehead atoms. The van der Waals surface area contributed by atoms with E-state index in [1.54, 1.807) is 24.3 Å². The lowest BCUT2D eigenvalue weighted by Crippen LogP contribution is -1.92. The second-order valence-corrected chi connectivity index (χ2v) is 6.98. The molecule has 0 heterocycles. The fourth-order valence-corrected chi connectivity index (χ4v) is 3.46. The van der Waals surface area contributed by atoms with Gasteiger partial charge in [-0.25, -0.2) is 13.2 Å². The van der Waals surface area contributed by atoms with Gasteiger partial charge in [-0.2, -0.15) is 0 Å². The third-order valence-electron chi connectivity index (χ3n) is 5.23. The van der Waals surface area contributed by atoms with E-state index in [-0.39, 0.29) is 11.4 Å². The molecule has 0 spiro atoms. The Labute approximate surface area is 162 Å². The summed E-state index contributed by atoms with van der Waals surface area (Å²) in [5.41, 5.74) is 3.94. The summed E-state index contributed by atoms with van der Waals surface area (Å²) >= 11 is 0. The monoisotopic (exact) mass is 376 g/mol. The molecule has 0 saturated carbocycles. The third-order valence-corrected chi connectivity index (χ3v) is 5.23. The zero-order chi connectivity index (χ0) is 19.8. The van der Waals surface area contributed by atoms with Crippen molar-refractivity contribution in [3.8, 4) is 22.3 Å². The summed E-state index contributed by atoms with van der Waals surface area (Å²) in [6.07, 6.45) is 0.955. The Morgan fingerprint density at radius 1 is 0.679 bits per heavy atom. The maximum Gasteiger partial charge on any atom is 0.136 e. The summed E-state index contributed by atoms with van der Waals surface area (Å²) < 4.78 is 43.0. The van der Waals surface area contributed by atoms with Crippen LogP contribution in [0.5, 0.6) is 0 Å². The quantitative estimate of drug-likeness (QED) is 0.348. The summed E-state index contributed by atoms with van der Waals surface area (Å²) in [6.45, 7) is 3.50. The first-order valence-corrected chi connectivity index (χ1v) is 9.25. The molecule has 140 valence electrons. The van der Waals surface area contributed by atoms with Gasteiger partial charge < -0.3 is 0 Å². The number of halogens is 3. The fourth-order valence-electron chi connectivity index (χ4n) is 3.46. The van der Waals surface area contributed by atoms with Gasteiger partial charge in [0.2, 0.25) is 0 Å². The van der Waals surface area contributed by atoms with E-state index < -0.39 is 11.6 Å². The van der Waals surface area contributed by atoms with Crippen LogP contribution in [0.4, 0.5) is 13.2 Å². The Balaban J connectivity index is 1.76. The highest BCUT2D eigenvalue weighted by molar-refractivity contribution is 5.89. The molecule has 4 aromatic carbocycles. The Bertz CT molecular complexity index is 1170. The van der Waals surface area contributed by atoms with Gasteiger partial charge in [-0.1, -0.05) is 55.5 Å². The van der Waals surface area contributed by atoms with Crippen LogP contribution in [0.3, 0.4) is 0 Å². The summed E-state index contributed by atoms with van der Waals surface area (Å²) in [5, 5.41) is 0.743. The predicted octanol–water partition coefficient (Wildman–Crippen LogP) is 7.46. The molecule has 3 heteroatoms. The summed E-state index contributed by atoms with van der Waals surface area (Å²) in [6, 6.07) is 19.3. The molecule has 0 fully saturated rings. The molecule has 0 amide bonds. The molecular weight excluding hydrogens is 357 g/mol. The van der Waals surface area contributed by atoms with Gasteiger partial charge in [-0.3, -0.25) is 0 Å². The minimum atomic E-state index is -0.603. The zero-order valence-corrected chi connectivity index (χ0v) is 15.7. The topological polar surface area (TPSA) is 0 Å². The van der Waals surface area contributed by atoms with Crippen molar-refractivity contribution in [2.75, 3.05) is 0 Å². The van der Waals surface area contributed by atoms with Gasteiger partial charge in [0, 0.05) is 16.5 Å². The maximum atomic E-state index is 14.8. The molecule has 28 heavy (non-hydrogen) atoms. The summed E-state index contributed by atoms with van der Waals surface area (Å²) in [4.78, 5) is 0. The van der Waals surface area contributed by atoms with Crippen LogP contribution in [-0.4, -0.2) is 0 Å². The van der Waals surface area contributed by atoms with Crippen molar-refractivity contribution in [1.29, 1.82) is 0 Å². The van der Waals surface area contributed by atoms with Crippen LogP contribution >= 0.6 is 0 Å². The number of aryl methyl sites for hydroxylation is 1. The second kappa shape index (κ2) is 7.16. The van der Waals surface area contributed by atoms with Crippen LogP contribution in [0.1, 0.15) is 18.1 Å². The SMILES string of the molecule is CCc1ccc(-c2ccc(-c3ccc4c(F)c(C)c(F)cc4c3)c(F)c2)cc1. The zero-order valence-electron chi connectivity index (χ0n) is 15.7. The van der Waals surface area contributed by atoms with Crippen molar-refractivity contribution < 1.29 is 13.2 Å². The lowest BCUT2D eigenvalue weighted by molar-refractivity contribution is 0.577. The third kappa shape index (κ3) is 3.18. The minimum Gasteiger partial charge on any atom is -0.207 e. The number of fused-ring (bicyclic) bond motifs is 1. The maximum absolute atomic E-state index is 14.8. The van der Waals surface area contributed by atoms with Gasteiger partial charge in [0.05, 0.1) is 0 Å². The molecule has 0 aliphatic carbocycles. The normalized spacial score (nSPS) is 11.2. The van der Waals surface area contributed by atoms with Crippen LogP contribution in [0.15, 0.2) is 66.7 Å². The molecule has 0 saturated heterocycles. The van der Waals surface area contributed by atoms with Crippen molar-refractivity contribution in [2.45, 2.75) is 20.3 Å². The van der Waals surface area contributed by atoms with Crippen LogP contribution in [0.2, 0.25) is 0 Å². The number of hydrogen-bond acceptors (Lipinski definition) is 0. The second-order valence-electron chi connectivity index (χ2n) is 6.98. The lowest BCUT2D eigenvalue weighted by Gasteiger charge is -2.10. The number of hydrogen-bond donors (Lipinski definition) is 0. The molecule has 0 atom stereocenters. The van der Waals surface area contributed by atoms with E-state index in [1.165, 1.54) is 24.6 Å². The van der Waals surface area contributed by atoms with Crippen molar-refractivity contribution in [1.82, 2.24) is 0 Å². The first-order valence-electron chi connectivity index (χ1n) is 9.25. The van der Waals surface area contributed by atoms with E-state index in [2.05, 4.69) is 6.92 Å². The Morgan fingerprint density at radius 2 is 1.36 bits per heavy atom. The van der Waals surface area contributed by atoms with Crippen molar-refractivity contribution in [2.24, 2.45) is 0 Å². The Kier molecular flexibility index (Phi) is 4.68. The van der Waals surface area contributed by atoms with E-state index in [1.807, 2.05) is 30.3 Å². The number of benzene rings is 4. The average Bonchev–Trinajstić information content (AvgIpc) is 2.72. The Morgan fingerprint density at radius 3 is 2.04 bits per heavy atom. The van der Waals surface area contributed by atoms with Gasteiger partial charge in [0.25, 0.3) is 0 Å². The highest BCUT2D eigenvalue weighted by Crippen LogP contribution is 2.32. The predicted molar refractivity (Wildman–Crippen MR) is 109 cm³/mol. The van der Waals surface area contributed by atoms with Gasteiger partial charge in [-0.15, -0.1) is 0 Å². The highest BCUT2D eigenvalue weighted by atomic mass is 19.1. The van der Waals surface area contributed by atoms with Crippen molar-refractivity contribution in [3.05, 3.63) is 95.3 Å². The molecule has 0 aliphatic heterocycles. The van der Waals surface area contributed by atoms with Crippen LogP contribution in [-0.2, 0) is 6.42 Å². The molecule has 4 rings (SSSR count). The molecule has 4 aromatic rings. The average molecular weight is 376 g/mol. The van der Waals surface area contributed by atoms with Crippen LogP contribution in [0.25, 0.3) is 33.0 Å². The highest BCUT2D eigenvalue weighted by Gasteiger charge is 2.13. The lowest BCUT2D eigenvalue weighted by atomic mass is 9.96. The smallest absolute Gasteiger partial charge is 0.136 e. The van der Waals surface area contributed by atoms with Crippen molar-refractivity contribution in [3.63, 3.8) is 0 Å². The van der Waals surface area contributed by atoms with E-state index in [4.69, 9.17) is 0 Å². The summed E-state index contributed by atoms with van der Waals surface area (Å²) in [7, 11) is 0. The van der Waals surface area contributed by atoms with E-state index in [0.717, 1.165) is 17.5 Å². The fraction of sp³-hybridized carbons (Fsp3) is 0.120. The molecule has 0 unspecified atom stereocenters. The number of rotatable bonds is 3. The van der Waals surface area contributed by atoms with Crippen LogP contribution < -0.4 is 0 Å². The molecule has 0 nitrogen and oxygen atoms in total. The van der Waals surface area contributed by atoms with E-state index >= 15 is 0 Å². The van der Waals surface area contributed by atoms with Gasteiger partial charge in [-0.05, 0) is 59.2 Å². The molecular formula is C25H19F3. The van der Waals surface area contributed by atoms with Gasteiger partial charge in [0.15, 0.2) is 0 Å². The molecule has 0 aliphatic rings. The first-order chi connectivity index (χ1) is 13.5. The van der Waals surface area contributed by atoms with E-state index in [9.17, 15) is 13.2 Å². The molecule has 0 N–H and O–H groups in total. The minimum absolute atomic E-state index is 0.00937. The first kappa shape index (κ1) is 18.3. The van der Waals surface area contributed by atoms with Crippen molar-refractivity contribution >= 4 is 10.8 Å². The van der Waals surface area contributed by atoms with E-state index in [0.29, 0.717) is 21.9 Å². The van der Waals surface area contributed by atoms with Gasteiger partial charge >= 0.3 is 0 Å². The largest absolute Gasteiger partial charge is 0.207 e. The summed E-state index contributed by atoms with van der Waals surface area (Å²) in [5.74, 6) is -1.55. The Hall–Kier alpha value is -3.07. The van der Waals surface area contributed by atoms with Gasteiger partial charge in [0.1, 0.15) is 17.5 Å².